The lowest BCUT2D eigenvalue weighted by Gasteiger charge is -2.51. The van der Waals surface area contributed by atoms with E-state index in [1.54, 1.807) is 18.2 Å². The van der Waals surface area contributed by atoms with Gasteiger partial charge in [0.2, 0.25) is 0 Å². The molecule has 1 aromatic heterocycles. The maximum absolute atomic E-state index is 13.5. The maximum Gasteiger partial charge on any atom is 0.340 e. The van der Waals surface area contributed by atoms with Gasteiger partial charge in [0.25, 0.3) is 11.5 Å². The zero-order valence-corrected chi connectivity index (χ0v) is 26.6. The summed E-state index contributed by atoms with van der Waals surface area (Å²) >= 11 is 0. The first-order valence-electron chi connectivity index (χ1n) is 14.1. The normalized spacial score (nSPS) is 26.2. The minimum atomic E-state index is -3.03. The summed E-state index contributed by atoms with van der Waals surface area (Å²) in [7, 11) is -5.86. The predicted molar refractivity (Wildman–Crippen MR) is 155 cm³/mol. The third-order valence-corrected chi connectivity index (χ3v) is 18.4. The van der Waals surface area contributed by atoms with Gasteiger partial charge in [0.15, 0.2) is 6.23 Å². The number of rotatable bonds is 6. The first-order chi connectivity index (χ1) is 18.8. The molecule has 4 atom stereocenters. The summed E-state index contributed by atoms with van der Waals surface area (Å²) < 4.78 is 28.7. The van der Waals surface area contributed by atoms with Crippen LogP contribution in [0.4, 0.5) is 0 Å². The molecule has 1 aromatic carbocycles. The zero-order valence-electron chi connectivity index (χ0n) is 24.6. The average molecular weight is 591 g/mol. The molecule has 4 rings (SSSR count). The molecule has 0 bridgehead atoms. The minimum Gasteiger partial charge on any atom is -0.414 e. The molecule has 2 unspecified atom stereocenters. The second-order valence-corrected chi connectivity index (χ2v) is 20.8. The molecule has 220 valence electrons. The SMILES string of the molecule is CC(C)[Si]1(C(C)C)OC[C@H]2O[C@@H](n3ccc(=O)n(C(=O)c4ccccc4)c3=O)C(O)C2O[Si](C(C)C)(C(C)C)O1. The zero-order chi connectivity index (χ0) is 29.6. The molecule has 12 heteroatoms. The Morgan fingerprint density at radius 3 is 2.02 bits per heavy atom. The average Bonchev–Trinajstić information content (AvgIpc) is 3.17. The van der Waals surface area contributed by atoms with Crippen molar-refractivity contribution >= 4 is 23.0 Å². The van der Waals surface area contributed by atoms with Gasteiger partial charge in [-0.15, -0.1) is 0 Å². The van der Waals surface area contributed by atoms with E-state index in [1.807, 2.05) is 0 Å². The Hall–Kier alpha value is -2.20. The summed E-state index contributed by atoms with van der Waals surface area (Å²) in [5, 5.41) is 11.6. The number of carbonyl (C=O) groups excluding carboxylic acids is 1. The number of nitrogens with zero attached hydrogens (tertiary/aromatic N) is 2. The van der Waals surface area contributed by atoms with Crippen molar-refractivity contribution in [3.05, 3.63) is 69.0 Å². The van der Waals surface area contributed by atoms with Crippen LogP contribution in [0.5, 0.6) is 0 Å². The highest BCUT2D eigenvalue weighted by atomic mass is 28.5. The Balaban J connectivity index is 1.78. The van der Waals surface area contributed by atoms with Gasteiger partial charge in [-0.1, -0.05) is 73.6 Å². The number of aliphatic hydroxyl groups excluding tert-OH is 1. The highest BCUT2D eigenvalue weighted by molar-refractivity contribution is 6.84. The van der Waals surface area contributed by atoms with Crippen molar-refractivity contribution in [3.8, 4) is 0 Å². The number of hydrogen-bond donors (Lipinski definition) is 1. The first kappa shape index (κ1) is 30.8. The Morgan fingerprint density at radius 1 is 0.900 bits per heavy atom. The molecular weight excluding hydrogens is 548 g/mol. The van der Waals surface area contributed by atoms with Crippen LogP contribution in [-0.2, 0) is 17.7 Å². The molecule has 2 fully saturated rings. The van der Waals surface area contributed by atoms with E-state index in [-0.39, 0.29) is 34.3 Å². The molecule has 2 aromatic rings. The minimum absolute atomic E-state index is 0.0404. The van der Waals surface area contributed by atoms with Gasteiger partial charge in [-0.25, -0.2) is 4.79 Å². The first-order valence-corrected chi connectivity index (χ1v) is 18.0. The highest BCUT2D eigenvalue weighted by Gasteiger charge is 2.61. The lowest BCUT2D eigenvalue weighted by molar-refractivity contribution is -0.0603. The summed E-state index contributed by atoms with van der Waals surface area (Å²) in [6.07, 6.45) is -2.73. The summed E-state index contributed by atoms with van der Waals surface area (Å²) in [5.41, 5.74) is -1.13. The molecule has 2 saturated heterocycles. The highest BCUT2D eigenvalue weighted by Crippen LogP contribution is 2.48. The number of hydrogen-bond acceptors (Lipinski definition) is 8. The summed E-state index contributed by atoms with van der Waals surface area (Å²) in [6, 6.07) is 9.21. The van der Waals surface area contributed by atoms with Crippen molar-refractivity contribution in [2.24, 2.45) is 0 Å². The van der Waals surface area contributed by atoms with Crippen LogP contribution in [0.2, 0.25) is 22.2 Å². The van der Waals surface area contributed by atoms with E-state index in [1.165, 1.54) is 18.3 Å². The summed E-state index contributed by atoms with van der Waals surface area (Å²) in [5.74, 6) is -0.757. The van der Waals surface area contributed by atoms with Gasteiger partial charge >= 0.3 is 22.8 Å². The number of aliphatic hydroxyl groups is 1. The fourth-order valence-corrected chi connectivity index (χ4v) is 17.2. The number of fused-ring (bicyclic) bond motifs is 1. The van der Waals surface area contributed by atoms with Crippen LogP contribution in [0.1, 0.15) is 72.0 Å². The largest absolute Gasteiger partial charge is 0.414 e. The molecule has 10 nitrogen and oxygen atoms in total. The smallest absolute Gasteiger partial charge is 0.340 e. The van der Waals surface area contributed by atoms with Crippen LogP contribution in [0, 0.1) is 0 Å². The van der Waals surface area contributed by atoms with Gasteiger partial charge in [0, 0.05) is 17.8 Å². The van der Waals surface area contributed by atoms with Gasteiger partial charge in [0.1, 0.15) is 18.3 Å². The quantitative estimate of drug-likeness (QED) is 0.503. The van der Waals surface area contributed by atoms with Crippen molar-refractivity contribution in [2.75, 3.05) is 6.61 Å². The molecule has 0 spiro atoms. The monoisotopic (exact) mass is 590 g/mol. The van der Waals surface area contributed by atoms with Crippen LogP contribution < -0.4 is 11.2 Å². The second-order valence-electron chi connectivity index (χ2n) is 12.0. The molecule has 0 radical (unpaired) electrons. The van der Waals surface area contributed by atoms with E-state index in [9.17, 15) is 19.5 Å². The van der Waals surface area contributed by atoms with Crippen molar-refractivity contribution in [3.63, 3.8) is 0 Å². The number of aromatic nitrogens is 2. The Bertz CT molecular complexity index is 1310. The topological polar surface area (TPSA) is 118 Å². The Labute approximate surface area is 237 Å². The van der Waals surface area contributed by atoms with E-state index in [4.69, 9.17) is 17.7 Å². The van der Waals surface area contributed by atoms with Crippen molar-refractivity contribution in [1.82, 2.24) is 9.13 Å². The molecule has 0 amide bonds. The van der Waals surface area contributed by atoms with E-state index >= 15 is 0 Å². The van der Waals surface area contributed by atoms with Crippen LogP contribution in [0.15, 0.2) is 52.2 Å². The van der Waals surface area contributed by atoms with Gasteiger partial charge in [-0.05, 0) is 34.3 Å². The molecular formula is C28H42N2O8Si2. The molecule has 3 heterocycles. The van der Waals surface area contributed by atoms with Gasteiger partial charge in [-0.2, -0.15) is 4.57 Å². The second kappa shape index (κ2) is 11.6. The third kappa shape index (κ3) is 5.15. The van der Waals surface area contributed by atoms with E-state index in [0.29, 0.717) is 4.57 Å². The summed E-state index contributed by atoms with van der Waals surface area (Å²) in [4.78, 5) is 39.3. The molecule has 40 heavy (non-hydrogen) atoms. The fraction of sp³-hybridized carbons (Fsp3) is 0.607. The molecule has 2 aliphatic rings. The fourth-order valence-electron chi connectivity index (χ4n) is 5.95. The van der Waals surface area contributed by atoms with Crippen molar-refractivity contribution in [2.45, 2.75) is 102 Å². The molecule has 0 saturated carbocycles. The van der Waals surface area contributed by atoms with E-state index < -0.39 is 58.8 Å². The molecule has 1 N–H and O–H groups in total. The van der Waals surface area contributed by atoms with Crippen molar-refractivity contribution < 1.29 is 27.6 Å². The third-order valence-electron chi connectivity index (χ3n) is 8.15. The van der Waals surface area contributed by atoms with Gasteiger partial charge in [-0.3, -0.25) is 14.2 Å². The van der Waals surface area contributed by atoms with E-state index in [2.05, 4.69) is 55.4 Å². The standard InChI is InChI=1S/C28H42N2O8Si2/c1-17(2)39(18(3)4)35-16-22-25(37-40(38-39,19(5)6)20(7)8)24(32)27(36-22)29-15-14-23(31)30(28(29)34)26(33)21-12-10-9-11-13-21/h9-15,17-20,22,24-25,27,32H,16H2,1-8H3/t22-,24?,25?,27-/m1/s1. The molecule has 0 aliphatic carbocycles. The Morgan fingerprint density at radius 2 is 1.48 bits per heavy atom. The Kier molecular flexibility index (Phi) is 8.91. The number of benzene rings is 1. The van der Waals surface area contributed by atoms with Crippen LogP contribution >= 0.6 is 0 Å². The lowest BCUT2D eigenvalue weighted by Crippen LogP contribution is -2.65. The van der Waals surface area contributed by atoms with Crippen LogP contribution in [-0.4, -0.2) is 62.2 Å². The number of carbonyl (C=O) groups is 1. The lowest BCUT2D eigenvalue weighted by atomic mass is 10.1. The maximum atomic E-state index is 13.5. The van der Waals surface area contributed by atoms with Gasteiger partial charge < -0.3 is 22.8 Å². The number of ether oxygens (including phenoxy) is 1. The van der Waals surface area contributed by atoms with E-state index in [0.717, 1.165) is 10.6 Å². The molecule has 2 aliphatic heterocycles. The van der Waals surface area contributed by atoms with Crippen LogP contribution in [0.25, 0.3) is 0 Å². The van der Waals surface area contributed by atoms with Crippen molar-refractivity contribution in [1.29, 1.82) is 0 Å². The predicted octanol–water partition coefficient (Wildman–Crippen LogP) is 3.91. The summed E-state index contributed by atoms with van der Waals surface area (Å²) in [6.45, 7) is 16.9. The van der Waals surface area contributed by atoms with Crippen LogP contribution in [0.3, 0.4) is 0 Å². The van der Waals surface area contributed by atoms with Gasteiger partial charge in [0.05, 0.1) is 6.61 Å².